The van der Waals surface area contributed by atoms with Crippen LogP contribution in [0.2, 0.25) is 0 Å². The van der Waals surface area contributed by atoms with E-state index in [1.54, 1.807) is 0 Å². The first-order valence-corrected chi connectivity index (χ1v) is 20.3. The van der Waals surface area contributed by atoms with E-state index in [1.165, 1.54) is 116 Å². The minimum absolute atomic E-state index is 0.154. The fourth-order valence-corrected chi connectivity index (χ4v) is 10.7. The van der Waals surface area contributed by atoms with Crippen LogP contribution in [0.1, 0.15) is 49.9 Å². The smallest absolute Gasteiger partial charge is 0.0582 e. The molecule has 0 bridgehead atoms. The number of rotatable bonds is 4. The van der Waals surface area contributed by atoms with Crippen molar-refractivity contribution >= 4 is 43.4 Å². The van der Waals surface area contributed by atoms with Gasteiger partial charge >= 0.3 is 0 Å². The number of fused-ring (bicyclic) bond motifs is 3. The van der Waals surface area contributed by atoms with Gasteiger partial charge in [-0.3, -0.25) is 0 Å². The lowest BCUT2D eigenvalue weighted by molar-refractivity contribution is 0.594. The summed E-state index contributed by atoms with van der Waals surface area (Å²) in [6.07, 6.45) is 0. The van der Waals surface area contributed by atoms with Crippen molar-refractivity contribution in [2.45, 2.75) is 38.5 Å². The molecule has 0 radical (unpaired) electrons. The van der Waals surface area contributed by atoms with Gasteiger partial charge in [-0.2, -0.15) is 0 Å². The van der Waals surface area contributed by atoms with Crippen molar-refractivity contribution in [3.63, 3.8) is 0 Å². The summed E-state index contributed by atoms with van der Waals surface area (Å²) in [5, 5.41) is 7.79. The molecule has 0 fully saturated rings. The lowest BCUT2D eigenvalue weighted by Gasteiger charge is -2.42. The molecular formula is C56H41N. The number of hydrogen-bond donors (Lipinski definition) is 0. The summed E-state index contributed by atoms with van der Waals surface area (Å²) < 4.78 is 2.63. The lowest BCUT2D eigenvalue weighted by Crippen LogP contribution is -2.33. The predicted octanol–water partition coefficient (Wildman–Crippen LogP) is 15.0. The summed E-state index contributed by atoms with van der Waals surface area (Å²) in [7, 11) is 0. The van der Waals surface area contributed by atoms with Gasteiger partial charge in [-0.15, -0.1) is 0 Å². The lowest BCUT2D eigenvalue weighted by atomic mass is 9.68. The van der Waals surface area contributed by atoms with Crippen molar-refractivity contribution in [2.75, 3.05) is 0 Å². The van der Waals surface area contributed by atoms with Crippen molar-refractivity contribution in [1.82, 2.24) is 4.57 Å². The first-order valence-electron chi connectivity index (χ1n) is 20.3. The second kappa shape index (κ2) is 11.4. The van der Waals surface area contributed by atoms with Crippen LogP contribution in [-0.2, 0) is 10.8 Å². The molecular weight excluding hydrogens is 687 g/mol. The van der Waals surface area contributed by atoms with Crippen LogP contribution < -0.4 is 0 Å². The average molecular weight is 728 g/mol. The molecule has 9 aromatic carbocycles. The van der Waals surface area contributed by atoms with Gasteiger partial charge in [0.1, 0.15) is 0 Å². The number of para-hydroxylation sites is 1. The quantitative estimate of drug-likeness (QED) is 0.159. The van der Waals surface area contributed by atoms with Crippen LogP contribution in [0.5, 0.6) is 0 Å². The second-order valence-electron chi connectivity index (χ2n) is 17.3. The van der Waals surface area contributed by atoms with E-state index < -0.39 is 0 Å². The highest BCUT2D eigenvalue weighted by molar-refractivity contribution is 6.21. The molecule has 0 spiro atoms. The summed E-state index contributed by atoms with van der Waals surface area (Å²) >= 11 is 0. The molecule has 1 heteroatoms. The Labute approximate surface area is 333 Å². The summed E-state index contributed by atoms with van der Waals surface area (Å²) in [5.74, 6) is 0. The second-order valence-corrected chi connectivity index (χ2v) is 17.3. The summed E-state index contributed by atoms with van der Waals surface area (Å²) in [6.45, 7) is 9.70. The molecule has 0 unspecified atom stereocenters. The summed E-state index contributed by atoms with van der Waals surface area (Å²) in [6, 6.07) is 65.9. The summed E-state index contributed by atoms with van der Waals surface area (Å²) in [5.41, 5.74) is 19.5. The number of hydrogen-bond acceptors (Lipinski definition) is 0. The van der Waals surface area contributed by atoms with Gasteiger partial charge in [0.15, 0.2) is 0 Å². The molecule has 0 saturated heterocycles. The SMILES string of the molecule is CC1(C)c2cccc3c2-n2c4c1cc(-c1ccccc1)cc4c1cc(-c4ccc(-c5c6ccccc6c(-c6ccccc6)c6ccccc56)cc4)cc(c12)C3(C)C. The van der Waals surface area contributed by atoms with Gasteiger partial charge in [0.25, 0.3) is 0 Å². The molecule has 0 amide bonds. The Bertz CT molecular complexity index is 3250. The highest BCUT2D eigenvalue weighted by Gasteiger charge is 2.43. The normalized spacial score (nSPS) is 14.6. The van der Waals surface area contributed by atoms with Crippen LogP contribution >= 0.6 is 0 Å². The van der Waals surface area contributed by atoms with Crippen LogP contribution in [-0.4, -0.2) is 4.57 Å². The van der Waals surface area contributed by atoms with Crippen LogP contribution in [0.4, 0.5) is 0 Å². The molecule has 0 aliphatic carbocycles. The zero-order valence-electron chi connectivity index (χ0n) is 32.7. The van der Waals surface area contributed by atoms with Crippen LogP contribution in [0.3, 0.4) is 0 Å². The third-order valence-electron chi connectivity index (χ3n) is 13.5. The third-order valence-corrected chi connectivity index (χ3v) is 13.5. The van der Waals surface area contributed by atoms with E-state index >= 15 is 0 Å². The summed E-state index contributed by atoms with van der Waals surface area (Å²) in [4.78, 5) is 0. The molecule has 270 valence electrons. The van der Waals surface area contributed by atoms with Gasteiger partial charge in [0.2, 0.25) is 0 Å². The molecule has 0 saturated carbocycles. The molecule has 10 aromatic rings. The molecule has 3 heterocycles. The monoisotopic (exact) mass is 727 g/mol. The third kappa shape index (κ3) is 4.35. The van der Waals surface area contributed by atoms with Crippen LogP contribution in [0.15, 0.2) is 176 Å². The fraction of sp³-hybridized carbons (Fsp3) is 0.107. The van der Waals surface area contributed by atoms with Gasteiger partial charge in [0, 0.05) is 21.6 Å². The van der Waals surface area contributed by atoms with E-state index in [9.17, 15) is 0 Å². The van der Waals surface area contributed by atoms with Crippen molar-refractivity contribution in [3.8, 4) is 50.2 Å². The van der Waals surface area contributed by atoms with E-state index in [-0.39, 0.29) is 10.8 Å². The largest absolute Gasteiger partial charge is 0.308 e. The van der Waals surface area contributed by atoms with Crippen molar-refractivity contribution in [2.24, 2.45) is 0 Å². The first-order chi connectivity index (χ1) is 27.8. The van der Waals surface area contributed by atoms with Crippen LogP contribution in [0.25, 0.3) is 93.5 Å². The maximum absolute atomic E-state index is 2.63. The van der Waals surface area contributed by atoms with Gasteiger partial charge in [-0.1, -0.05) is 179 Å². The molecule has 1 aromatic heterocycles. The molecule has 12 rings (SSSR count). The molecule has 2 aliphatic rings. The predicted molar refractivity (Wildman–Crippen MR) is 242 cm³/mol. The molecule has 2 aliphatic heterocycles. The topological polar surface area (TPSA) is 4.93 Å². The molecule has 0 N–H and O–H groups in total. The van der Waals surface area contributed by atoms with Gasteiger partial charge in [-0.05, 0) is 113 Å². The Hall–Kier alpha value is -6.70. The van der Waals surface area contributed by atoms with Crippen molar-refractivity contribution in [3.05, 3.63) is 198 Å². The fourth-order valence-electron chi connectivity index (χ4n) is 10.7. The Balaban J connectivity index is 1.10. The number of nitrogens with zero attached hydrogens (tertiary/aromatic N) is 1. The van der Waals surface area contributed by atoms with E-state index in [1.807, 2.05) is 0 Å². The molecule has 1 nitrogen and oxygen atoms in total. The molecule has 0 atom stereocenters. The average Bonchev–Trinajstić information content (AvgIpc) is 3.58. The Kier molecular flexibility index (Phi) is 6.53. The standard InChI is InChI=1S/C56H41N/c1-55(2)46-24-15-25-47-54(46)57-52-44(30-38(32-48(52)55)34-16-7-5-8-17-34)45-31-39(33-49(53(45)57)56(47,3)4)35-26-28-37(29-27-35)51-42-22-13-11-20-40(42)50(36-18-9-6-10-19-36)41-21-12-14-23-43(41)51/h5-33H,1-4H3. The number of aromatic nitrogens is 1. The van der Waals surface area contributed by atoms with E-state index in [0.29, 0.717) is 0 Å². The van der Waals surface area contributed by atoms with Crippen LogP contribution in [0, 0.1) is 0 Å². The Morgan fingerprint density at radius 1 is 0.298 bits per heavy atom. The molecule has 57 heavy (non-hydrogen) atoms. The van der Waals surface area contributed by atoms with Gasteiger partial charge in [-0.25, -0.2) is 0 Å². The maximum Gasteiger partial charge on any atom is 0.0582 e. The minimum Gasteiger partial charge on any atom is -0.308 e. The van der Waals surface area contributed by atoms with Gasteiger partial charge in [0.05, 0.1) is 16.7 Å². The zero-order valence-corrected chi connectivity index (χ0v) is 32.7. The van der Waals surface area contributed by atoms with E-state index in [4.69, 9.17) is 0 Å². The highest BCUT2D eigenvalue weighted by Crippen LogP contribution is 2.56. The Morgan fingerprint density at radius 2 is 0.667 bits per heavy atom. The van der Waals surface area contributed by atoms with Crippen molar-refractivity contribution < 1.29 is 0 Å². The van der Waals surface area contributed by atoms with Gasteiger partial charge < -0.3 is 4.57 Å². The minimum atomic E-state index is -0.182. The first kappa shape index (κ1) is 32.5. The van der Waals surface area contributed by atoms with Crippen molar-refractivity contribution in [1.29, 1.82) is 0 Å². The number of benzene rings is 9. The van der Waals surface area contributed by atoms with E-state index in [2.05, 4.69) is 208 Å². The maximum atomic E-state index is 2.63. The Morgan fingerprint density at radius 3 is 1.12 bits per heavy atom. The highest BCUT2D eigenvalue weighted by atomic mass is 15.0. The van der Waals surface area contributed by atoms with E-state index in [0.717, 1.165) is 0 Å². The zero-order chi connectivity index (χ0) is 38.2.